The van der Waals surface area contributed by atoms with E-state index in [9.17, 15) is 14.4 Å². The van der Waals surface area contributed by atoms with Crippen molar-refractivity contribution in [2.75, 3.05) is 13.2 Å². The second-order valence-corrected chi connectivity index (χ2v) is 3.33. The van der Waals surface area contributed by atoms with Crippen LogP contribution in [0.25, 0.3) is 0 Å². The molecular weight excluding hydrogens is 212 g/mol. The van der Waals surface area contributed by atoms with Crippen molar-refractivity contribution in [2.45, 2.75) is 19.4 Å². The minimum atomic E-state index is -0.671. The van der Waals surface area contributed by atoms with Gasteiger partial charge in [-0.05, 0) is 6.42 Å². The number of carbonyl (C=O) groups excluding carboxylic acids is 3. The maximum Gasteiger partial charge on any atom is 0.411 e. The van der Waals surface area contributed by atoms with Crippen LogP contribution >= 0.6 is 0 Å². The largest absolute Gasteiger partial charge is 0.445 e. The smallest absolute Gasteiger partial charge is 0.411 e. The Morgan fingerprint density at radius 2 is 2.38 bits per heavy atom. The van der Waals surface area contributed by atoms with E-state index in [0.717, 1.165) is 4.90 Å². The Morgan fingerprint density at radius 1 is 1.69 bits per heavy atom. The van der Waals surface area contributed by atoms with Crippen molar-refractivity contribution in [2.24, 2.45) is 0 Å². The number of rotatable bonds is 3. The molecule has 0 aromatic heterocycles. The molecule has 1 rings (SSSR count). The molecule has 0 aromatic carbocycles. The fourth-order valence-corrected chi connectivity index (χ4v) is 1.48. The first-order chi connectivity index (χ1) is 7.60. The number of nitrogens with one attached hydrogen (secondary N) is 1. The fourth-order valence-electron chi connectivity index (χ4n) is 1.48. The molecule has 1 N–H and O–H groups in total. The lowest BCUT2D eigenvalue weighted by molar-refractivity contribution is -0.139. The van der Waals surface area contributed by atoms with Gasteiger partial charge in [0.15, 0.2) is 0 Å². The normalized spacial score (nSPS) is 20.3. The van der Waals surface area contributed by atoms with Crippen LogP contribution in [0.1, 0.15) is 13.3 Å². The van der Waals surface area contributed by atoms with Gasteiger partial charge in [-0.2, -0.15) is 0 Å². The van der Waals surface area contributed by atoms with Crippen molar-refractivity contribution < 1.29 is 19.1 Å². The Bertz CT molecular complexity index is 327. The highest BCUT2D eigenvalue weighted by Crippen LogP contribution is 2.10. The quantitative estimate of drug-likeness (QED) is 0.545. The number of amides is 3. The van der Waals surface area contributed by atoms with Gasteiger partial charge in [0.05, 0.1) is 0 Å². The second-order valence-electron chi connectivity index (χ2n) is 3.33. The zero-order valence-corrected chi connectivity index (χ0v) is 9.06. The fraction of sp³-hybridized carbons (Fsp3) is 0.500. The molecule has 1 aliphatic rings. The Kier molecular flexibility index (Phi) is 4.04. The number of ether oxygens (including phenoxy) is 1. The van der Waals surface area contributed by atoms with Gasteiger partial charge in [-0.1, -0.05) is 19.6 Å². The van der Waals surface area contributed by atoms with Crippen molar-refractivity contribution in [3.63, 3.8) is 0 Å². The number of carbonyl (C=O) groups is 3. The van der Waals surface area contributed by atoms with E-state index >= 15 is 0 Å². The zero-order chi connectivity index (χ0) is 12.1. The molecule has 1 aliphatic heterocycles. The van der Waals surface area contributed by atoms with Crippen LogP contribution in [-0.4, -0.2) is 42.0 Å². The topological polar surface area (TPSA) is 75.7 Å². The highest BCUT2D eigenvalue weighted by molar-refractivity contribution is 6.03. The predicted octanol–water partition coefficient (Wildman–Crippen LogP) is 0.0460. The molecule has 6 nitrogen and oxygen atoms in total. The predicted molar refractivity (Wildman–Crippen MR) is 55.5 cm³/mol. The van der Waals surface area contributed by atoms with Crippen molar-refractivity contribution in [3.8, 4) is 0 Å². The van der Waals surface area contributed by atoms with Crippen LogP contribution in [0.15, 0.2) is 12.7 Å². The summed E-state index contributed by atoms with van der Waals surface area (Å²) < 4.78 is 4.80. The summed E-state index contributed by atoms with van der Waals surface area (Å²) in [5.41, 5.74) is 0. The second kappa shape index (κ2) is 5.29. The van der Waals surface area contributed by atoms with E-state index in [0.29, 0.717) is 6.42 Å². The van der Waals surface area contributed by atoms with Crippen LogP contribution in [0.2, 0.25) is 0 Å². The van der Waals surface area contributed by atoms with Gasteiger partial charge < -0.3 is 4.74 Å². The summed E-state index contributed by atoms with van der Waals surface area (Å²) in [6.45, 7) is 5.07. The van der Waals surface area contributed by atoms with Crippen LogP contribution in [0.5, 0.6) is 0 Å². The highest BCUT2D eigenvalue weighted by Gasteiger charge is 2.36. The summed E-state index contributed by atoms with van der Waals surface area (Å²) in [5.74, 6) is -0.959. The Hall–Kier alpha value is -1.85. The van der Waals surface area contributed by atoms with Gasteiger partial charge in [0, 0.05) is 0 Å². The summed E-state index contributed by atoms with van der Waals surface area (Å²) in [6.07, 6.45) is 1.18. The number of imide groups is 1. The standard InChI is InChI=1S/C10H14N2O4/c1-3-5-16-10(15)12-6-8(13)11-9(14)7(12)4-2/h3,7H,1,4-6H2,2H3,(H,11,13,14). The lowest BCUT2D eigenvalue weighted by atomic mass is 10.1. The van der Waals surface area contributed by atoms with Crippen molar-refractivity contribution in [1.29, 1.82) is 0 Å². The van der Waals surface area contributed by atoms with E-state index in [1.807, 2.05) is 0 Å². The maximum absolute atomic E-state index is 11.5. The van der Waals surface area contributed by atoms with Gasteiger partial charge in [0.1, 0.15) is 19.2 Å². The van der Waals surface area contributed by atoms with Crippen LogP contribution in [-0.2, 0) is 14.3 Å². The van der Waals surface area contributed by atoms with Crippen LogP contribution in [0, 0.1) is 0 Å². The molecular formula is C10H14N2O4. The number of nitrogens with zero attached hydrogens (tertiary/aromatic N) is 1. The van der Waals surface area contributed by atoms with Gasteiger partial charge >= 0.3 is 6.09 Å². The van der Waals surface area contributed by atoms with E-state index in [1.54, 1.807) is 6.92 Å². The molecule has 1 fully saturated rings. The molecule has 1 atom stereocenters. The van der Waals surface area contributed by atoms with E-state index in [4.69, 9.17) is 4.74 Å². The van der Waals surface area contributed by atoms with E-state index in [2.05, 4.69) is 11.9 Å². The van der Waals surface area contributed by atoms with Crippen LogP contribution < -0.4 is 5.32 Å². The van der Waals surface area contributed by atoms with E-state index < -0.39 is 23.9 Å². The molecule has 0 radical (unpaired) electrons. The third kappa shape index (κ3) is 2.59. The summed E-state index contributed by atoms with van der Waals surface area (Å²) in [5, 5.41) is 2.17. The van der Waals surface area contributed by atoms with Crippen molar-refractivity contribution in [1.82, 2.24) is 10.2 Å². The van der Waals surface area contributed by atoms with Crippen LogP contribution in [0.4, 0.5) is 4.79 Å². The maximum atomic E-state index is 11.5. The minimum absolute atomic E-state index is 0.0571. The third-order valence-corrected chi connectivity index (χ3v) is 2.20. The molecule has 88 valence electrons. The minimum Gasteiger partial charge on any atom is -0.445 e. The number of hydrogen-bond acceptors (Lipinski definition) is 4. The highest BCUT2D eigenvalue weighted by atomic mass is 16.6. The molecule has 0 aromatic rings. The molecule has 0 bridgehead atoms. The average Bonchev–Trinajstić information content (AvgIpc) is 2.24. The Balaban J connectivity index is 2.73. The molecule has 0 spiro atoms. The van der Waals surface area contributed by atoms with E-state index in [-0.39, 0.29) is 13.2 Å². The molecule has 0 saturated carbocycles. The molecule has 0 aliphatic carbocycles. The third-order valence-electron chi connectivity index (χ3n) is 2.20. The van der Waals surface area contributed by atoms with Gasteiger partial charge in [-0.3, -0.25) is 19.8 Å². The molecule has 3 amide bonds. The summed E-state index contributed by atoms with van der Waals surface area (Å²) in [7, 11) is 0. The average molecular weight is 226 g/mol. The monoisotopic (exact) mass is 226 g/mol. The lowest BCUT2D eigenvalue weighted by Gasteiger charge is -2.32. The lowest BCUT2D eigenvalue weighted by Crippen LogP contribution is -2.59. The first-order valence-electron chi connectivity index (χ1n) is 4.98. The van der Waals surface area contributed by atoms with Gasteiger partial charge in [-0.25, -0.2) is 4.79 Å². The first kappa shape index (κ1) is 12.2. The van der Waals surface area contributed by atoms with E-state index in [1.165, 1.54) is 6.08 Å². The summed E-state index contributed by atoms with van der Waals surface area (Å²) >= 11 is 0. The zero-order valence-electron chi connectivity index (χ0n) is 9.06. The molecule has 16 heavy (non-hydrogen) atoms. The van der Waals surface area contributed by atoms with Gasteiger partial charge in [0.25, 0.3) is 0 Å². The first-order valence-corrected chi connectivity index (χ1v) is 4.98. The Labute approximate surface area is 93.2 Å². The number of piperazine rings is 1. The molecule has 1 heterocycles. The molecule has 6 heteroatoms. The molecule has 1 saturated heterocycles. The van der Waals surface area contributed by atoms with Crippen molar-refractivity contribution >= 4 is 17.9 Å². The number of hydrogen-bond donors (Lipinski definition) is 1. The summed E-state index contributed by atoms with van der Waals surface area (Å²) in [6, 6.07) is -0.644. The Morgan fingerprint density at radius 3 is 2.94 bits per heavy atom. The SMILES string of the molecule is C=CCOC(=O)N1CC(=O)NC(=O)C1CC. The molecule has 1 unspecified atom stereocenters. The van der Waals surface area contributed by atoms with Gasteiger partial charge in [-0.15, -0.1) is 0 Å². The summed E-state index contributed by atoms with van der Waals surface area (Å²) in [4.78, 5) is 35.2. The van der Waals surface area contributed by atoms with Gasteiger partial charge in [0.2, 0.25) is 11.8 Å². The van der Waals surface area contributed by atoms with Crippen molar-refractivity contribution in [3.05, 3.63) is 12.7 Å². The van der Waals surface area contributed by atoms with Crippen LogP contribution in [0.3, 0.4) is 0 Å².